The summed E-state index contributed by atoms with van der Waals surface area (Å²) in [7, 11) is 1.60. The van der Waals surface area contributed by atoms with Gasteiger partial charge in [-0.25, -0.2) is 15.0 Å². The number of nitrogen functional groups attached to an aromatic ring is 1. The van der Waals surface area contributed by atoms with Crippen LogP contribution in [-0.4, -0.2) is 93.3 Å². The molecule has 1 fully saturated rings. The number of esters is 1. The number of ether oxygens (including phenoxy) is 4. The summed E-state index contributed by atoms with van der Waals surface area (Å²) in [6.07, 6.45) is -3.00. The zero-order chi connectivity index (χ0) is 24.2. The van der Waals surface area contributed by atoms with Crippen LogP contribution in [0.1, 0.15) is 27.0 Å². The van der Waals surface area contributed by atoms with Gasteiger partial charge in [0.25, 0.3) is 0 Å². The molecule has 33 heavy (non-hydrogen) atoms. The molecule has 0 radical (unpaired) electrons. The first-order valence-corrected chi connectivity index (χ1v) is 11.5. The number of hydrogen-bond acceptors (Lipinski definition) is 12. The van der Waals surface area contributed by atoms with Gasteiger partial charge >= 0.3 is 5.97 Å². The number of carbonyl (C=O) groups is 1. The molecule has 0 spiro atoms. The lowest BCUT2D eigenvalue weighted by atomic mass is 9.97. The van der Waals surface area contributed by atoms with Gasteiger partial charge in [0.1, 0.15) is 18.5 Å². The third kappa shape index (κ3) is 5.73. The van der Waals surface area contributed by atoms with Crippen LogP contribution in [0.2, 0.25) is 0 Å². The van der Waals surface area contributed by atoms with E-state index >= 15 is 0 Å². The largest absolute Gasteiger partial charge is 0.454 e. The van der Waals surface area contributed by atoms with Gasteiger partial charge in [-0.15, -0.1) is 0 Å². The third-order valence-electron chi connectivity index (χ3n) is 4.97. The summed E-state index contributed by atoms with van der Waals surface area (Å²) in [6.45, 7) is 6.07. The SMILES string of the molecule is COCCOCCSc1nc2c(N)ncnc2n1[C@@H]1O[C@H](CO)[C@@H](O)[C@H]1OC(=O)C(C)(C)C. The predicted molar refractivity (Wildman–Crippen MR) is 119 cm³/mol. The molecule has 1 saturated heterocycles. The molecule has 4 N–H and O–H groups in total. The second-order valence-electron chi connectivity index (χ2n) is 8.51. The molecule has 0 saturated carbocycles. The Kier molecular flexibility index (Phi) is 8.48. The average molecular weight is 486 g/mol. The van der Waals surface area contributed by atoms with Crippen molar-refractivity contribution in [2.45, 2.75) is 50.5 Å². The summed E-state index contributed by atoms with van der Waals surface area (Å²) in [5.41, 5.74) is 5.92. The molecule has 12 nitrogen and oxygen atoms in total. The number of nitrogens with two attached hydrogens (primary N) is 1. The summed E-state index contributed by atoms with van der Waals surface area (Å²) in [6, 6.07) is 0. The number of hydrogen-bond donors (Lipinski definition) is 3. The van der Waals surface area contributed by atoms with Crippen LogP contribution in [0.4, 0.5) is 5.82 Å². The van der Waals surface area contributed by atoms with Gasteiger partial charge in [-0.2, -0.15) is 0 Å². The number of carbonyl (C=O) groups excluding carboxylic acids is 1. The lowest BCUT2D eigenvalue weighted by Crippen LogP contribution is -2.39. The second-order valence-corrected chi connectivity index (χ2v) is 9.57. The highest BCUT2D eigenvalue weighted by molar-refractivity contribution is 7.99. The van der Waals surface area contributed by atoms with E-state index in [1.165, 1.54) is 18.1 Å². The molecule has 0 aromatic carbocycles. The molecule has 4 atom stereocenters. The predicted octanol–water partition coefficient (Wildman–Crippen LogP) is 0.372. The Labute approximate surface area is 195 Å². The van der Waals surface area contributed by atoms with Crippen LogP contribution in [-0.2, 0) is 23.7 Å². The summed E-state index contributed by atoms with van der Waals surface area (Å²) < 4.78 is 23.7. The van der Waals surface area contributed by atoms with Crippen molar-refractivity contribution in [3.8, 4) is 0 Å². The Morgan fingerprint density at radius 1 is 1.30 bits per heavy atom. The van der Waals surface area contributed by atoms with Crippen molar-refractivity contribution in [1.29, 1.82) is 0 Å². The van der Waals surface area contributed by atoms with E-state index in [1.54, 1.807) is 32.4 Å². The smallest absolute Gasteiger partial charge is 0.311 e. The molecular weight excluding hydrogens is 454 g/mol. The highest BCUT2D eigenvalue weighted by Gasteiger charge is 2.49. The van der Waals surface area contributed by atoms with E-state index in [9.17, 15) is 15.0 Å². The number of aromatic nitrogens is 4. The van der Waals surface area contributed by atoms with Crippen molar-refractivity contribution >= 4 is 34.7 Å². The topological polar surface area (TPSA) is 164 Å². The van der Waals surface area contributed by atoms with Crippen LogP contribution in [0.15, 0.2) is 11.5 Å². The van der Waals surface area contributed by atoms with Crippen LogP contribution in [0, 0.1) is 5.41 Å². The standard InChI is InChI=1S/C20H31N5O7S/c1-20(2,3)18(28)32-14-13(27)11(9-26)31-17(14)25-16-12(15(21)22-10-23-16)24-19(25)33-8-7-30-6-5-29-4/h10-11,13-14,17,26-27H,5-9H2,1-4H3,(H2,21,22,23)/t11-,13-,14-,17-/m1/s1. The lowest BCUT2D eigenvalue weighted by Gasteiger charge is -2.26. The molecule has 3 heterocycles. The van der Waals surface area contributed by atoms with E-state index in [4.69, 9.17) is 24.7 Å². The van der Waals surface area contributed by atoms with Gasteiger partial charge in [0.2, 0.25) is 0 Å². The Hall–Kier alpha value is -2.03. The van der Waals surface area contributed by atoms with E-state index in [2.05, 4.69) is 15.0 Å². The second kappa shape index (κ2) is 10.9. The van der Waals surface area contributed by atoms with Crippen molar-refractivity contribution in [2.24, 2.45) is 5.41 Å². The van der Waals surface area contributed by atoms with Gasteiger partial charge < -0.3 is 34.9 Å². The van der Waals surface area contributed by atoms with Crippen LogP contribution in [0.5, 0.6) is 0 Å². The third-order valence-corrected chi connectivity index (χ3v) is 5.88. The maximum Gasteiger partial charge on any atom is 0.311 e. The number of methoxy groups -OCH3 is 1. The van der Waals surface area contributed by atoms with E-state index < -0.39 is 42.5 Å². The molecule has 2 aromatic heterocycles. The molecule has 0 bridgehead atoms. The maximum absolute atomic E-state index is 12.6. The minimum Gasteiger partial charge on any atom is -0.454 e. The Morgan fingerprint density at radius 3 is 2.73 bits per heavy atom. The number of nitrogens with zero attached hydrogens (tertiary/aromatic N) is 4. The number of aliphatic hydroxyl groups is 2. The fourth-order valence-corrected chi connectivity index (χ4v) is 4.05. The highest BCUT2D eigenvalue weighted by Crippen LogP contribution is 2.38. The van der Waals surface area contributed by atoms with E-state index in [-0.39, 0.29) is 5.82 Å². The quantitative estimate of drug-likeness (QED) is 0.241. The number of fused-ring (bicyclic) bond motifs is 1. The summed E-state index contributed by atoms with van der Waals surface area (Å²) in [5, 5.41) is 20.9. The Bertz CT molecular complexity index is 951. The first kappa shape index (κ1) is 25.6. The first-order valence-electron chi connectivity index (χ1n) is 10.5. The molecule has 1 aliphatic heterocycles. The molecule has 0 aliphatic carbocycles. The lowest BCUT2D eigenvalue weighted by molar-refractivity contribution is -0.168. The molecule has 184 valence electrons. The van der Waals surface area contributed by atoms with Crippen molar-refractivity contribution in [3.05, 3.63) is 6.33 Å². The van der Waals surface area contributed by atoms with Gasteiger partial charge in [-0.05, 0) is 20.8 Å². The van der Waals surface area contributed by atoms with Crippen molar-refractivity contribution in [1.82, 2.24) is 19.5 Å². The normalized spacial score (nSPS) is 23.3. The molecule has 0 unspecified atom stereocenters. The molecule has 2 aromatic rings. The van der Waals surface area contributed by atoms with Crippen LogP contribution in [0.3, 0.4) is 0 Å². The van der Waals surface area contributed by atoms with E-state index in [0.717, 1.165) is 0 Å². The fraction of sp³-hybridized carbons (Fsp3) is 0.700. The summed E-state index contributed by atoms with van der Waals surface area (Å²) >= 11 is 1.36. The van der Waals surface area contributed by atoms with E-state index in [0.29, 0.717) is 41.9 Å². The van der Waals surface area contributed by atoms with Gasteiger partial charge in [-0.1, -0.05) is 11.8 Å². The Morgan fingerprint density at radius 2 is 2.06 bits per heavy atom. The molecule has 13 heteroatoms. The van der Waals surface area contributed by atoms with Crippen molar-refractivity contribution < 1.29 is 34.0 Å². The zero-order valence-electron chi connectivity index (χ0n) is 19.1. The van der Waals surface area contributed by atoms with Crippen molar-refractivity contribution in [2.75, 3.05) is 45.0 Å². The zero-order valence-corrected chi connectivity index (χ0v) is 19.9. The van der Waals surface area contributed by atoms with Gasteiger partial charge in [-0.3, -0.25) is 9.36 Å². The average Bonchev–Trinajstić information content (AvgIpc) is 3.28. The summed E-state index contributed by atoms with van der Waals surface area (Å²) in [5.74, 6) is 0.210. The molecule has 0 amide bonds. The number of aliphatic hydroxyl groups excluding tert-OH is 2. The van der Waals surface area contributed by atoms with Gasteiger partial charge in [0, 0.05) is 12.9 Å². The molecular formula is C20H31N5O7S. The minimum absolute atomic E-state index is 0.178. The highest BCUT2D eigenvalue weighted by atomic mass is 32.2. The fourth-order valence-electron chi connectivity index (χ4n) is 3.18. The Balaban J connectivity index is 1.94. The monoisotopic (exact) mass is 485 g/mol. The number of anilines is 1. The van der Waals surface area contributed by atoms with Gasteiger partial charge in [0.05, 0.1) is 31.8 Å². The van der Waals surface area contributed by atoms with E-state index in [1.807, 2.05) is 0 Å². The van der Waals surface area contributed by atoms with Crippen LogP contribution in [0.25, 0.3) is 11.2 Å². The molecule has 1 aliphatic rings. The minimum atomic E-state index is -1.25. The van der Waals surface area contributed by atoms with Crippen molar-refractivity contribution in [3.63, 3.8) is 0 Å². The number of imidazole rings is 1. The first-order chi connectivity index (χ1) is 15.7. The van der Waals surface area contributed by atoms with Crippen LogP contribution < -0.4 is 5.73 Å². The number of rotatable bonds is 10. The van der Waals surface area contributed by atoms with Gasteiger partial charge in [0.15, 0.2) is 34.5 Å². The number of thioether (sulfide) groups is 1. The molecule has 3 rings (SSSR count). The van der Waals surface area contributed by atoms with Crippen LogP contribution >= 0.6 is 11.8 Å². The maximum atomic E-state index is 12.6. The summed E-state index contributed by atoms with van der Waals surface area (Å²) in [4.78, 5) is 25.5.